The van der Waals surface area contributed by atoms with Crippen LogP contribution in [0, 0.1) is 0 Å². The molecule has 0 radical (unpaired) electrons. The highest BCUT2D eigenvalue weighted by Crippen LogP contribution is 2.23. The summed E-state index contributed by atoms with van der Waals surface area (Å²) >= 11 is 11.9. The van der Waals surface area contributed by atoms with Gasteiger partial charge in [0.2, 0.25) is 5.91 Å². The van der Waals surface area contributed by atoms with Crippen molar-refractivity contribution in [2.45, 2.75) is 25.9 Å². The number of rotatable bonds is 5. The number of aliphatic hydroxyl groups excluding tert-OH is 1. The zero-order chi connectivity index (χ0) is 16.1. The van der Waals surface area contributed by atoms with E-state index in [9.17, 15) is 9.90 Å². The predicted octanol–water partition coefficient (Wildman–Crippen LogP) is 2.45. The number of hydrogen-bond donors (Lipinski definition) is 1. The maximum Gasteiger partial charge on any atom is 0.222 e. The molecule has 1 aromatic rings. The molecule has 22 heavy (non-hydrogen) atoms. The van der Waals surface area contributed by atoms with Crippen molar-refractivity contribution < 1.29 is 9.90 Å². The van der Waals surface area contributed by atoms with Gasteiger partial charge < -0.3 is 10.0 Å². The van der Waals surface area contributed by atoms with Gasteiger partial charge in [-0.3, -0.25) is 9.69 Å². The molecular weight excluding hydrogens is 323 g/mol. The normalized spacial score (nSPS) is 17.5. The maximum atomic E-state index is 12.3. The number of benzene rings is 1. The summed E-state index contributed by atoms with van der Waals surface area (Å²) in [6.45, 7) is 5.56. The summed E-state index contributed by atoms with van der Waals surface area (Å²) in [5.41, 5.74) is 1.02. The average Bonchev–Trinajstić information content (AvgIpc) is 2.48. The summed E-state index contributed by atoms with van der Waals surface area (Å²) in [5, 5.41) is 10.4. The monoisotopic (exact) mass is 344 g/mol. The van der Waals surface area contributed by atoms with Gasteiger partial charge >= 0.3 is 0 Å². The highest BCUT2D eigenvalue weighted by atomic mass is 35.5. The summed E-state index contributed by atoms with van der Waals surface area (Å²) in [7, 11) is 0. The Morgan fingerprint density at radius 1 is 1.23 bits per heavy atom. The third-order valence-electron chi connectivity index (χ3n) is 3.86. The minimum Gasteiger partial charge on any atom is -0.392 e. The van der Waals surface area contributed by atoms with Crippen LogP contribution < -0.4 is 0 Å². The molecule has 1 aliphatic heterocycles. The zero-order valence-electron chi connectivity index (χ0n) is 12.8. The lowest BCUT2D eigenvalue weighted by atomic mass is 10.1. The third kappa shape index (κ3) is 5.13. The molecule has 0 bridgehead atoms. The van der Waals surface area contributed by atoms with E-state index >= 15 is 0 Å². The number of hydrogen-bond acceptors (Lipinski definition) is 3. The van der Waals surface area contributed by atoms with Crippen molar-refractivity contribution in [3.63, 3.8) is 0 Å². The second-order valence-corrected chi connectivity index (χ2v) is 6.59. The van der Waals surface area contributed by atoms with Gasteiger partial charge in [0.05, 0.1) is 16.1 Å². The fourth-order valence-electron chi connectivity index (χ4n) is 2.66. The molecule has 1 saturated heterocycles. The molecule has 1 unspecified atom stereocenters. The van der Waals surface area contributed by atoms with Crippen LogP contribution in [0.1, 0.15) is 18.9 Å². The summed E-state index contributed by atoms with van der Waals surface area (Å²) in [6, 6.07) is 5.48. The number of amides is 1. The number of aryl methyl sites for hydroxylation is 1. The molecule has 0 aliphatic carbocycles. The fraction of sp³-hybridized carbons (Fsp3) is 0.562. The van der Waals surface area contributed by atoms with Crippen LogP contribution >= 0.6 is 23.2 Å². The van der Waals surface area contributed by atoms with Gasteiger partial charge in [-0.15, -0.1) is 0 Å². The maximum absolute atomic E-state index is 12.3. The minimum absolute atomic E-state index is 0.169. The first-order chi connectivity index (χ1) is 10.5. The molecule has 1 fully saturated rings. The first-order valence-corrected chi connectivity index (χ1v) is 8.33. The van der Waals surface area contributed by atoms with Crippen LogP contribution in [0.4, 0.5) is 0 Å². The van der Waals surface area contributed by atoms with Crippen molar-refractivity contribution in [3.05, 3.63) is 33.8 Å². The van der Waals surface area contributed by atoms with E-state index in [2.05, 4.69) is 4.90 Å². The molecule has 1 atom stereocenters. The Morgan fingerprint density at radius 2 is 1.91 bits per heavy atom. The van der Waals surface area contributed by atoms with E-state index in [1.165, 1.54) is 0 Å². The van der Waals surface area contributed by atoms with Crippen LogP contribution in [0.3, 0.4) is 0 Å². The third-order valence-corrected chi connectivity index (χ3v) is 4.60. The molecule has 2 rings (SSSR count). The molecule has 4 nitrogen and oxygen atoms in total. The Hall–Kier alpha value is -0.810. The van der Waals surface area contributed by atoms with Gasteiger partial charge in [0, 0.05) is 39.1 Å². The second kappa shape index (κ2) is 8.16. The summed E-state index contributed by atoms with van der Waals surface area (Å²) < 4.78 is 0. The second-order valence-electron chi connectivity index (χ2n) is 5.78. The van der Waals surface area contributed by atoms with Crippen molar-refractivity contribution in [2.24, 2.45) is 0 Å². The Kier molecular flexibility index (Phi) is 6.50. The van der Waals surface area contributed by atoms with E-state index in [4.69, 9.17) is 23.2 Å². The molecule has 1 heterocycles. The van der Waals surface area contributed by atoms with Crippen LogP contribution in [0.5, 0.6) is 0 Å². The quantitative estimate of drug-likeness (QED) is 0.892. The van der Waals surface area contributed by atoms with E-state index in [1.807, 2.05) is 17.0 Å². The van der Waals surface area contributed by atoms with Gasteiger partial charge in [-0.1, -0.05) is 29.3 Å². The van der Waals surface area contributed by atoms with Crippen molar-refractivity contribution in [1.82, 2.24) is 9.80 Å². The van der Waals surface area contributed by atoms with E-state index in [-0.39, 0.29) is 12.0 Å². The van der Waals surface area contributed by atoms with Crippen LogP contribution in [-0.2, 0) is 11.2 Å². The predicted molar refractivity (Wildman–Crippen MR) is 89.5 cm³/mol. The van der Waals surface area contributed by atoms with Crippen LogP contribution in [-0.4, -0.2) is 59.6 Å². The Morgan fingerprint density at radius 3 is 2.50 bits per heavy atom. The number of carbonyl (C=O) groups excluding carboxylic acids is 1. The van der Waals surface area contributed by atoms with Crippen molar-refractivity contribution in [2.75, 3.05) is 32.7 Å². The van der Waals surface area contributed by atoms with E-state index in [1.54, 1.807) is 13.0 Å². The molecule has 0 aromatic heterocycles. The fourth-order valence-corrected chi connectivity index (χ4v) is 2.98. The van der Waals surface area contributed by atoms with Crippen molar-refractivity contribution in [1.29, 1.82) is 0 Å². The first-order valence-electron chi connectivity index (χ1n) is 7.58. The minimum atomic E-state index is -0.322. The van der Waals surface area contributed by atoms with E-state index < -0.39 is 0 Å². The Balaban J connectivity index is 1.77. The smallest absolute Gasteiger partial charge is 0.222 e. The molecule has 0 saturated carbocycles. The molecule has 1 aromatic carbocycles. The van der Waals surface area contributed by atoms with Crippen molar-refractivity contribution >= 4 is 29.1 Å². The van der Waals surface area contributed by atoms with Gasteiger partial charge in [0.15, 0.2) is 0 Å². The number of halogens is 2. The summed E-state index contributed by atoms with van der Waals surface area (Å²) in [4.78, 5) is 16.3. The van der Waals surface area contributed by atoms with Gasteiger partial charge in [-0.25, -0.2) is 0 Å². The average molecular weight is 345 g/mol. The van der Waals surface area contributed by atoms with Crippen LogP contribution in [0.15, 0.2) is 18.2 Å². The van der Waals surface area contributed by atoms with Crippen LogP contribution in [0.2, 0.25) is 10.0 Å². The molecular formula is C16H22Cl2N2O2. The standard InChI is InChI=1S/C16H22Cl2N2O2/c1-12(21)11-19-6-8-20(9-7-19)16(22)5-3-13-2-4-14(17)15(18)10-13/h2,4,10,12,21H,3,5-9,11H2,1H3. The molecule has 6 heteroatoms. The molecule has 0 spiro atoms. The van der Waals surface area contributed by atoms with Gasteiger partial charge in [-0.2, -0.15) is 0 Å². The zero-order valence-corrected chi connectivity index (χ0v) is 14.3. The molecule has 1 amide bonds. The van der Waals surface area contributed by atoms with Crippen molar-refractivity contribution in [3.8, 4) is 0 Å². The topological polar surface area (TPSA) is 43.8 Å². The first kappa shape index (κ1) is 17.5. The lowest BCUT2D eigenvalue weighted by Gasteiger charge is -2.35. The van der Waals surface area contributed by atoms with E-state index in [0.717, 1.165) is 31.7 Å². The lowest BCUT2D eigenvalue weighted by molar-refractivity contribution is -0.133. The largest absolute Gasteiger partial charge is 0.392 e. The van der Waals surface area contributed by atoms with Crippen LogP contribution in [0.25, 0.3) is 0 Å². The van der Waals surface area contributed by atoms with Gasteiger partial charge in [0.25, 0.3) is 0 Å². The highest BCUT2D eigenvalue weighted by Gasteiger charge is 2.21. The summed E-state index contributed by atoms with van der Waals surface area (Å²) in [5.74, 6) is 0.169. The number of β-amino-alcohol motifs (C(OH)–C–C–N with tert-alkyl or cyclic N) is 1. The number of piperazine rings is 1. The Labute approximate surface area is 141 Å². The van der Waals surface area contributed by atoms with E-state index in [0.29, 0.717) is 29.4 Å². The number of carbonyl (C=O) groups is 1. The van der Waals surface area contributed by atoms with Gasteiger partial charge in [-0.05, 0) is 31.0 Å². The summed E-state index contributed by atoms with van der Waals surface area (Å²) in [6.07, 6.45) is 0.828. The SMILES string of the molecule is CC(O)CN1CCN(C(=O)CCc2ccc(Cl)c(Cl)c2)CC1. The highest BCUT2D eigenvalue weighted by molar-refractivity contribution is 6.42. The molecule has 1 N–H and O–H groups in total. The lowest BCUT2D eigenvalue weighted by Crippen LogP contribution is -2.50. The van der Waals surface area contributed by atoms with Gasteiger partial charge in [0.1, 0.15) is 0 Å². The Bertz CT molecular complexity index is 515. The number of aliphatic hydroxyl groups is 1. The number of nitrogens with zero attached hydrogens (tertiary/aromatic N) is 2. The molecule has 122 valence electrons. The molecule has 1 aliphatic rings.